The van der Waals surface area contributed by atoms with Crippen molar-refractivity contribution in [2.45, 2.75) is 6.42 Å². The molecule has 132 valence electrons. The normalized spacial score (nSPS) is 10.5. The van der Waals surface area contributed by atoms with Gasteiger partial charge >= 0.3 is 5.97 Å². The van der Waals surface area contributed by atoms with E-state index in [1.54, 1.807) is 0 Å². The van der Waals surface area contributed by atoms with Crippen LogP contribution in [0.5, 0.6) is 0 Å². The van der Waals surface area contributed by atoms with Gasteiger partial charge in [0.1, 0.15) is 5.82 Å². The van der Waals surface area contributed by atoms with Gasteiger partial charge in [0.05, 0.1) is 12.1 Å². The largest absolute Gasteiger partial charge is 0.481 e. The molecule has 0 aliphatic rings. The van der Waals surface area contributed by atoms with Crippen molar-refractivity contribution in [3.05, 3.63) is 66.2 Å². The second-order valence-corrected chi connectivity index (χ2v) is 5.41. The Morgan fingerprint density at radius 3 is 2.42 bits per heavy atom. The number of nitrogens with zero attached hydrogens (tertiary/aromatic N) is 3. The summed E-state index contributed by atoms with van der Waals surface area (Å²) in [4.78, 5) is 27.0. The highest BCUT2D eigenvalue weighted by molar-refractivity contribution is 5.91. The molecule has 1 aromatic heterocycles. The summed E-state index contributed by atoms with van der Waals surface area (Å²) in [7, 11) is 0. The molecule has 2 aromatic carbocycles. The molecule has 0 aliphatic heterocycles. The molecule has 0 saturated carbocycles. The highest BCUT2D eigenvalue weighted by Crippen LogP contribution is 2.21. The van der Waals surface area contributed by atoms with Gasteiger partial charge in [0.25, 0.3) is 5.91 Å². The van der Waals surface area contributed by atoms with Crippen LogP contribution in [0.15, 0.2) is 54.6 Å². The number of benzene rings is 2. The minimum absolute atomic E-state index is 0.0279. The van der Waals surface area contributed by atoms with Crippen molar-refractivity contribution in [2.75, 3.05) is 6.54 Å². The van der Waals surface area contributed by atoms with Crippen LogP contribution in [0.4, 0.5) is 4.39 Å². The number of aliphatic carboxylic acids is 1. The van der Waals surface area contributed by atoms with Gasteiger partial charge in [-0.2, -0.15) is 0 Å². The molecule has 3 aromatic rings. The minimum atomic E-state index is -1.01. The molecule has 0 spiro atoms. The van der Waals surface area contributed by atoms with E-state index in [4.69, 9.17) is 5.11 Å². The van der Waals surface area contributed by atoms with Gasteiger partial charge in [-0.3, -0.25) is 9.59 Å². The number of rotatable bonds is 6. The zero-order valence-electron chi connectivity index (χ0n) is 13.6. The Hall–Kier alpha value is -3.55. The number of carboxylic acid groups (broad SMARTS) is 1. The lowest BCUT2D eigenvalue weighted by Gasteiger charge is -2.05. The Bertz CT molecular complexity index is 923. The van der Waals surface area contributed by atoms with E-state index in [1.165, 1.54) is 28.9 Å². The number of aromatic nitrogens is 3. The monoisotopic (exact) mass is 354 g/mol. The standard InChI is InChI=1S/C18H15FN4O3/c19-13-6-8-14(9-7-13)23-17(12-4-2-1-3-5-12)21-16(22-23)18(26)20-11-10-15(24)25/h1-9H,10-11H2,(H,20,26)(H,24,25). The lowest BCUT2D eigenvalue weighted by Crippen LogP contribution is -2.27. The van der Waals surface area contributed by atoms with E-state index >= 15 is 0 Å². The summed E-state index contributed by atoms with van der Waals surface area (Å²) in [6, 6.07) is 14.8. The molecule has 2 N–H and O–H groups in total. The summed E-state index contributed by atoms with van der Waals surface area (Å²) in [6.45, 7) is -0.0279. The Balaban J connectivity index is 1.96. The van der Waals surface area contributed by atoms with Crippen LogP contribution in [0.3, 0.4) is 0 Å². The van der Waals surface area contributed by atoms with Gasteiger partial charge in [-0.1, -0.05) is 30.3 Å². The average molecular weight is 354 g/mol. The van der Waals surface area contributed by atoms with Gasteiger partial charge < -0.3 is 10.4 Å². The fraction of sp³-hybridized carbons (Fsp3) is 0.111. The first-order valence-corrected chi connectivity index (χ1v) is 7.83. The van der Waals surface area contributed by atoms with Gasteiger partial charge in [-0.25, -0.2) is 14.1 Å². The minimum Gasteiger partial charge on any atom is -0.481 e. The maximum Gasteiger partial charge on any atom is 0.305 e. The maximum absolute atomic E-state index is 13.2. The molecule has 0 bridgehead atoms. The van der Waals surface area contributed by atoms with Crippen molar-refractivity contribution in [2.24, 2.45) is 0 Å². The predicted octanol–water partition coefficient (Wildman–Crippen LogP) is 2.28. The molecule has 8 heteroatoms. The highest BCUT2D eigenvalue weighted by Gasteiger charge is 2.18. The smallest absolute Gasteiger partial charge is 0.305 e. The quantitative estimate of drug-likeness (QED) is 0.708. The third kappa shape index (κ3) is 3.92. The van der Waals surface area contributed by atoms with Gasteiger partial charge in [-0.05, 0) is 24.3 Å². The number of halogens is 1. The number of hydrogen-bond donors (Lipinski definition) is 2. The number of nitrogens with one attached hydrogen (secondary N) is 1. The SMILES string of the molecule is O=C(O)CCNC(=O)c1nc(-c2ccccc2)n(-c2ccc(F)cc2)n1. The number of carboxylic acids is 1. The molecule has 3 rings (SSSR count). The summed E-state index contributed by atoms with van der Waals surface area (Å²) in [5, 5.41) is 15.3. The number of carbonyl (C=O) groups excluding carboxylic acids is 1. The lowest BCUT2D eigenvalue weighted by atomic mass is 10.2. The summed E-state index contributed by atoms with van der Waals surface area (Å²) in [5.41, 5.74) is 1.27. The average Bonchev–Trinajstić information content (AvgIpc) is 3.08. The molecule has 0 saturated heterocycles. The first-order valence-electron chi connectivity index (χ1n) is 7.83. The second kappa shape index (κ2) is 7.56. The van der Waals surface area contributed by atoms with Crippen molar-refractivity contribution in [3.63, 3.8) is 0 Å². The molecule has 1 heterocycles. The molecule has 1 amide bonds. The molecule has 0 radical (unpaired) electrons. The van der Waals surface area contributed by atoms with E-state index in [0.717, 1.165) is 5.56 Å². The van der Waals surface area contributed by atoms with Gasteiger partial charge in [0, 0.05) is 12.1 Å². The Labute approximate surface area is 148 Å². The van der Waals surface area contributed by atoms with Crippen LogP contribution in [0.2, 0.25) is 0 Å². The Morgan fingerprint density at radius 2 is 1.77 bits per heavy atom. The lowest BCUT2D eigenvalue weighted by molar-refractivity contribution is -0.136. The fourth-order valence-corrected chi connectivity index (χ4v) is 2.31. The van der Waals surface area contributed by atoms with E-state index in [9.17, 15) is 14.0 Å². The van der Waals surface area contributed by atoms with Crippen LogP contribution >= 0.6 is 0 Å². The van der Waals surface area contributed by atoms with E-state index < -0.39 is 11.9 Å². The van der Waals surface area contributed by atoms with Gasteiger partial charge in [0.15, 0.2) is 5.82 Å². The second-order valence-electron chi connectivity index (χ2n) is 5.41. The Morgan fingerprint density at radius 1 is 1.08 bits per heavy atom. The van der Waals surface area contributed by atoms with Crippen LogP contribution in [0, 0.1) is 5.82 Å². The van der Waals surface area contributed by atoms with Crippen LogP contribution in [-0.2, 0) is 4.79 Å². The van der Waals surface area contributed by atoms with E-state index in [0.29, 0.717) is 11.5 Å². The Kier molecular flexibility index (Phi) is 5.02. The van der Waals surface area contributed by atoms with Gasteiger partial charge in [-0.15, -0.1) is 5.10 Å². The van der Waals surface area contributed by atoms with E-state index in [2.05, 4.69) is 15.4 Å². The van der Waals surface area contributed by atoms with Crippen molar-refractivity contribution in [3.8, 4) is 17.1 Å². The topological polar surface area (TPSA) is 97.1 Å². The molecular weight excluding hydrogens is 339 g/mol. The molecular formula is C18H15FN4O3. The van der Waals surface area contributed by atoms with Crippen molar-refractivity contribution >= 4 is 11.9 Å². The van der Waals surface area contributed by atoms with Crippen LogP contribution < -0.4 is 5.32 Å². The van der Waals surface area contributed by atoms with E-state index in [1.807, 2.05) is 30.3 Å². The molecule has 0 unspecified atom stereocenters. The molecule has 0 aliphatic carbocycles. The molecule has 7 nitrogen and oxygen atoms in total. The van der Waals surface area contributed by atoms with Gasteiger partial charge in [0.2, 0.25) is 5.82 Å². The highest BCUT2D eigenvalue weighted by atomic mass is 19.1. The summed E-state index contributed by atoms with van der Waals surface area (Å²) in [6.07, 6.45) is -0.198. The van der Waals surface area contributed by atoms with Crippen LogP contribution in [0.1, 0.15) is 17.0 Å². The number of amides is 1. The zero-order valence-corrected chi connectivity index (χ0v) is 13.6. The van der Waals surface area contributed by atoms with Crippen LogP contribution in [0.25, 0.3) is 17.1 Å². The maximum atomic E-state index is 13.2. The van der Waals surface area contributed by atoms with Crippen molar-refractivity contribution in [1.82, 2.24) is 20.1 Å². The summed E-state index contributed by atoms with van der Waals surface area (Å²) < 4.78 is 14.7. The zero-order chi connectivity index (χ0) is 18.5. The third-order valence-corrected chi connectivity index (χ3v) is 3.54. The number of carbonyl (C=O) groups is 2. The van der Waals surface area contributed by atoms with Crippen molar-refractivity contribution in [1.29, 1.82) is 0 Å². The first-order chi connectivity index (χ1) is 12.5. The first kappa shape index (κ1) is 17.3. The summed E-state index contributed by atoms with van der Waals surface area (Å²) >= 11 is 0. The predicted molar refractivity (Wildman–Crippen MR) is 91.3 cm³/mol. The van der Waals surface area contributed by atoms with Crippen LogP contribution in [-0.4, -0.2) is 38.3 Å². The molecule has 26 heavy (non-hydrogen) atoms. The van der Waals surface area contributed by atoms with Crippen molar-refractivity contribution < 1.29 is 19.1 Å². The summed E-state index contributed by atoms with van der Waals surface area (Å²) in [5.74, 6) is -1.66. The molecule has 0 fully saturated rings. The number of hydrogen-bond acceptors (Lipinski definition) is 4. The third-order valence-electron chi connectivity index (χ3n) is 3.54. The molecule has 0 atom stereocenters. The van der Waals surface area contributed by atoms with E-state index in [-0.39, 0.29) is 24.6 Å². The fourth-order valence-electron chi connectivity index (χ4n) is 2.31.